The van der Waals surface area contributed by atoms with Gasteiger partial charge in [-0.3, -0.25) is 9.69 Å². The minimum absolute atomic E-state index is 0.130. The second kappa shape index (κ2) is 7.28. The summed E-state index contributed by atoms with van der Waals surface area (Å²) in [6.45, 7) is 10.0. The van der Waals surface area contributed by atoms with Crippen molar-refractivity contribution in [2.75, 3.05) is 32.7 Å². The summed E-state index contributed by atoms with van der Waals surface area (Å²) in [6.07, 6.45) is 1.84. The lowest BCUT2D eigenvalue weighted by atomic mass is 10.0. The molecule has 9 heteroatoms. The van der Waals surface area contributed by atoms with E-state index in [1.165, 1.54) is 4.31 Å². The first-order valence-electron chi connectivity index (χ1n) is 9.21. The van der Waals surface area contributed by atoms with Crippen molar-refractivity contribution in [2.24, 2.45) is 0 Å². The van der Waals surface area contributed by atoms with Crippen LogP contribution in [0.4, 0.5) is 0 Å². The molecule has 26 heavy (non-hydrogen) atoms. The summed E-state index contributed by atoms with van der Waals surface area (Å²) in [7, 11) is -3.62. The topological polar surface area (TPSA) is 87.0 Å². The molecule has 0 N–H and O–H groups in total. The third kappa shape index (κ3) is 3.39. The van der Waals surface area contributed by atoms with Gasteiger partial charge in [0.1, 0.15) is 10.6 Å². The summed E-state index contributed by atoms with van der Waals surface area (Å²) in [5.74, 6) is 0.494. The van der Waals surface area contributed by atoms with Crippen LogP contribution in [-0.4, -0.2) is 78.4 Å². The van der Waals surface area contributed by atoms with E-state index in [2.05, 4.69) is 10.1 Å². The van der Waals surface area contributed by atoms with Gasteiger partial charge in [-0.25, -0.2) is 8.42 Å². The molecule has 3 rings (SSSR count). The van der Waals surface area contributed by atoms with Crippen LogP contribution in [0.15, 0.2) is 9.42 Å². The Morgan fingerprint density at radius 2 is 1.77 bits per heavy atom. The number of carbonyl (C=O) groups is 1. The molecule has 0 saturated carbocycles. The Hall–Kier alpha value is -1.45. The maximum atomic E-state index is 12.9. The number of likely N-dealkylation sites (tertiary alicyclic amines) is 1. The summed E-state index contributed by atoms with van der Waals surface area (Å²) in [5, 5.41) is 3.76. The van der Waals surface area contributed by atoms with Gasteiger partial charge in [0, 0.05) is 38.8 Å². The standard InChI is InChI=1S/C17H28N4O4S/c1-12(2)21-7-5-6-15(17(21)22)19-8-10-20(11-9-19)26(23,24)16-13(3)18-25-14(16)4/h12,15H,5-11H2,1-4H3. The highest BCUT2D eigenvalue weighted by molar-refractivity contribution is 7.89. The zero-order valence-corrected chi connectivity index (χ0v) is 16.8. The first kappa shape index (κ1) is 19.3. The van der Waals surface area contributed by atoms with Crippen molar-refractivity contribution in [2.45, 2.75) is 57.5 Å². The third-order valence-electron chi connectivity index (χ3n) is 5.35. The second-order valence-corrected chi connectivity index (χ2v) is 9.25. The lowest BCUT2D eigenvalue weighted by molar-refractivity contribution is -0.142. The Morgan fingerprint density at radius 3 is 2.31 bits per heavy atom. The van der Waals surface area contributed by atoms with Gasteiger partial charge in [0.25, 0.3) is 0 Å². The fraction of sp³-hybridized carbons (Fsp3) is 0.765. The molecule has 1 amide bonds. The van der Waals surface area contributed by atoms with Crippen LogP contribution in [0.2, 0.25) is 0 Å². The van der Waals surface area contributed by atoms with Crippen molar-refractivity contribution in [3.63, 3.8) is 0 Å². The Kier molecular flexibility index (Phi) is 5.41. The highest BCUT2D eigenvalue weighted by Gasteiger charge is 2.38. The number of rotatable bonds is 4. The van der Waals surface area contributed by atoms with Crippen LogP contribution in [0.3, 0.4) is 0 Å². The lowest BCUT2D eigenvalue weighted by Crippen LogP contribution is -2.59. The number of amides is 1. The normalized spacial score (nSPS) is 23.8. The molecular weight excluding hydrogens is 356 g/mol. The average Bonchev–Trinajstić information content (AvgIpc) is 2.94. The fourth-order valence-electron chi connectivity index (χ4n) is 3.96. The SMILES string of the molecule is Cc1noc(C)c1S(=O)(=O)N1CCN(C2CCCN(C(C)C)C2=O)CC1. The van der Waals surface area contributed by atoms with Crippen LogP contribution in [0.5, 0.6) is 0 Å². The molecule has 1 unspecified atom stereocenters. The van der Waals surface area contributed by atoms with Crippen molar-refractivity contribution < 1.29 is 17.7 Å². The molecule has 146 valence electrons. The van der Waals surface area contributed by atoms with E-state index in [1.54, 1.807) is 13.8 Å². The largest absolute Gasteiger partial charge is 0.360 e. The highest BCUT2D eigenvalue weighted by atomic mass is 32.2. The zero-order chi connectivity index (χ0) is 19.1. The maximum absolute atomic E-state index is 12.9. The van der Waals surface area contributed by atoms with E-state index in [4.69, 9.17) is 4.52 Å². The number of carbonyl (C=O) groups excluding carboxylic acids is 1. The predicted octanol–water partition coefficient (Wildman–Crippen LogP) is 0.997. The molecule has 1 atom stereocenters. The smallest absolute Gasteiger partial charge is 0.248 e. The van der Waals surface area contributed by atoms with E-state index >= 15 is 0 Å². The van der Waals surface area contributed by atoms with Gasteiger partial charge in [0.2, 0.25) is 15.9 Å². The molecule has 2 fully saturated rings. The van der Waals surface area contributed by atoms with Crippen molar-refractivity contribution in [1.82, 2.24) is 19.3 Å². The monoisotopic (exact) mass is 384 g/mol. The van der Waals surface area contributed by atoms with E-state index < -0.39 is 10.0 Å². The third-order valence-corrected chi connectivity index (χ3v) is 7.49. The number of aryl methyl sites for hydroxylation is 2. The summed E-state index contributed by atoms with van der Waals surface area (Å²) in [5.41, 5.74) is 0.389. The van der Waals surface area contributed by atoms with Gasteiger partial charge in [-0.15, -0.1) is 0 Å². The number of aromatic nitrogens is 1. The maximum Gasteiger partial charge on any atom is 0.248 e. The van der Waals surface area contributed by atoms with Crippen molar-refractivity contribution >= 4 is 15.9 Å². The number of piperazine rings is 1. The number of piperidine rings is 1. The summed E-state index contributed by atoms with van der Waals surface area (Å²) >= 11 is 0. The van der Waals surface area contributed by atoms with Gasteiger partial charge >= 0.3 is 0 Å². The van der Waals surface area contributed by atoms with E-state index in [0.717, 1.165) is 19.4 Å². The number of hydrogen-bond acceptors (Lipinski definition) is 6. The molecule has 0 radical (unpaired) electrons. The van der Waals surface area contributed by atoms with Crippen molar-refractivity contribution in [1.29, 1.82) is 0 Å². The van der Waals surface area contributed by atoms with Gasteiger partial charge < -0.3 is 9.42 Å². The quantitative estimate of drug-likeness (QED) is 0.770. The Morgan fingerprint density at radius 1 is 1.12 bits per heavy atom. The number of hydrogen-bond donors (Lipinski definition) is 0. The average molecular weight is 385 g/mol. The Balaban J connectivity index is 1.69. The number of sulfonamides is 1. The van der Waals surface area contributed by atoms with E-state index in [0.29, 0.717) is 37.6 Å². The van der Waals surface area contributed by atoms with Crippen LogP contribution in [0, 0.1) is 13.8 Å². The minimum atomic E-state index is -3.62. The fourth-order valence-corrected chi connectivity index (χ4v) is 5.67. The molecule has 0 aromatic carbocycles. The summed E-state index contributed by atoms with van der Waals surface area (Å²) in [4.78, 5) is 17.0. The van der Waals surface area contributed by atoms with Gasteiger partial charge in [-0.05, 0) is 40.5 Å². The van der Waals surface area contributed by atoms with E-state index in [1.807, 2.05) is 18.7 Å². The molecule has 0 bridgehead atoms. The molecule has 0 spiro atoms. The highest BCUT2D eigenvalue weighted by Crippen LogP contribution is 2.26. The number of nitrogens with zero attached hydrogens (tertiary/aromatic N) is 4. The van der Waals surface area contributed by atoms with Gasteiger partial charge in [0.05, 0.1) is 6.04 Å². The molecule has 8 nitrogen and oxygen atoms in total. The zero-order valence-electron chi connectivity index (χ0n) is 15.9. The predicted molar refractivity (Wildman–Crippen MR) is 96.2 cm³/mol. The van der Waals surface area contributed by atoms with E-state index in [-0.39, 0.29) is 22.9 Å². The Bertz CT molecular complexity index is 746. The van der Waals surface area contributed by atoms with Gasteiger partial charge in [-0.2, -0.15) is 4.31 Å². The lowest BCUT2D eigenvalue weighted by Gasteiger charge is -2.43. The molecule has 1 aromatic heterocycles. The molecular formula is C17H28N4O4S. The van der Waals surface area contributed by atoms with Gasteiger partial charge in [0.15, 0.2) is 5.76 Å². The molecule has 0 aliphatic carbocycles. The minimum Gasteiger partial charge on any atom is -0.360 e. The van der Waals surface area contributed by atoms with Crippen molar-refractivity contribution in [3.05, 3.63) is 11.5 Å². The van der Waals surface area contributed by atoms with Crippen LogP contribution in [-0.2, 0) is 14.8 Å². The van der Waals surface area contributed by atoms with Crippen LogP contribution < -0.4 is 0 Å². The first-order chi connectivity index (χ1) is 12.2. The van der Waals surface area contributed by atoms with Crippen LogP contribution in [0.25, 0.3) is 0 Å². The van der Waals surface area contributed by atoms with Crippen molar-refractivity contribution in [3.8, 4) is 0 Å². The molecule has 2 saturated heterocycles. The second-order valence-electron chi connectivity index (χ2n) is 7.38. The van der Waals surface area contributed by atoms with Crippen LogP contribution >= 0.6 is 0 Å². The molecule has 2 aliphatic rings. The summed E-state index contributed by atoms with van der Waals surface area (Å²) < 4.78 is 32.3. The first-order valence-corrected chi connectivity index (χ1v) is 10.6. The van der Waals surface area contributed by atoms with Crippen LogP contribution in [0.1, 0.15) is 38.1 Å². The van der Waals surface area contributed by atoms with Gasteiger partial charge in [-0.1, -0.05) is 5.16 Å². The van der Waals surface area contributed by atoms with E-state index in [9.17, 15) is 13.2 Å². The molecule has 1 aromatic rings. The Labute approximate surface area is 155 Å². The molecule has 2 aliphatic heterocycles. The molecule has 3 heterocycles. The summed E-state index contributed by atoms with van der Waals surface area (Å²) in [6, 6.07) is 0.0709.